The molecule has 5 rings (SSSR count). The SMILES string of the molecule is O=C(c1ccnc(N2CCOCC2)c1)N1CCC2(CC1)CO[C@@H](Cc1ccc(Cl)cc1)C2. The Bertz CT molecular complexity index is 938. The lowest BCUT2D eigenvalue weighted by atomic mass is 9.76. The van der Waals surface area contributed by atoms with Crippen LogP contribution in [-0.4, -0.2) is 67.9 Å². The first kappa shape index (κ1) is 21.7. The average molecular weight is 456 g/mol. The monoisotopic (exact) mass is 455 g/mol. The summed E-state index contributed by atoms with van der Waals surface area (Å²) < 4.78 is 11.6. The number of likely N-dealkylation sites (tertiary alicyclic amines) is 1. The Kier molecular flexibility index (Phi) is 6.35. The fourth-order valence-electron chi connectivity index (χ4n) is 5.14. The van der Waals surface area contributed by atoms with Crippen molar-refractivity contribution in [2.45, 2.75) is 31.8 Å². The van der Waals surface area contributed by atoms with Crippen LogP contribution in [0.15, 0.2) is 42.6 Å². The number of hydrogen-bond acceptors (Lipinski definition) is 5. The zero-order valence-electron chi connectivity index (χ0n) is 18.3. The maximum absolute atomic E-state index is 13.2. The van der Waals surface area contributed by atoms with Gasteiger partial charge in [0.25, 0.3) is 5.91 Å². The van der Waals surface area contributed by atoms with Crippen LogP contribution in [-0.2, 0) is 15.9 Å². The fourth-order valence-corrected chi connectivity index (χ4v) is 5.27. The highest BCUT2D eigenvalue weighted by Crippen LogP contribution is 2.43. The normalized spacial score (nSPS) is 23.0. The quantitative estimate of drug-likeness (QED) is 0.701. The summed E-state index contributed by atoms with van der Waals surface area (Å²) in [4.78, 5) is 21.8. The van der Waals surface area contributed by atoms with Gasteiger partial charge in [0.05, 0.1) is 25.9 Å². The zero-order chi connectivity index (χ0) is 22.0. The number of anilines is 1. The molecule has 0 saturated carbocycles. The molecule has 1 amide bonds. The molecule has 32 heavy (non-hydrogen) atoms. The van der Waals surface area contributed by atoms with Gasteiger partial charge in [0.1, 0.15) is 5.82 Å². The number of piperidine rings is 1. The molecule has 1 aromatic carbocycles. The number of carbonyl (C=O) groups is 1. The number of morpholine rings is 1. The first-order chi connectivity index (χ1) is 15.6. The molecule has 3 saturated heterocycles. The lowest BCUT2D eigenvalue weighted by molar-refractivity contribution is 0.0496. The van der Waals surface area contributed by atoms with E-state index >= 15 is 0 Å². The van der Waals surface area contributed by atoms with Gasteiger partial charge >= 0.3 is 0 Å². The predicted octanol–water partition coefficient (Wildman–Crippen LogP) is 3.83. The standard InChI is InChI=1S/C25H30ClN3O3/c26-21-3-1-19(2-4-21)15-22-17-25(18-32-22)6-9-29(10-7-25)24(30)20-5-8-27-23(16-20)28-11-13-31-14-12-28/h1-5,8,16,22H,6-7,9-15,17-18H2/t22-/m0/s1. The number of carbonyl (C=O) groups excluding carboxylic acids is 1. The van der Waals surface area contributed by atoms with Gasteiger partial charge in [0.15, 0.2) is 0 Å². The molecular weight excluding hydrogens is 426 g/mol. The van der Waals surface area contributed by atoms with E-state index in [0.29, 0.717) is 13.2 Å². The summed E-state index contributed by atoms with van der Waals surface area (Å²) >= 11 is 6.00. The third-order valence-corrected chi connectivity index (χ3v) is 7.35. The lowest BCUT2D eigenvalue weighted by Gasteiger charge is -2.38. The largest absolute Gasteiger partial charge is 0.378 e. The molecule has 1 aromatic heterocycles. The van der Waals surface area contributed by atoms with Gasteiger partial charge < -0.3 is 19.3 Å². The minimum absolute atomic E-state index is 0.105. The maximum atomic E-state index is 13.2. The molecular formula is C25H30ClN3O3. The summed E-state index contributed by atoms with van der Waals surface area (Å²) in [5, 5.41) is 0.765. The predicted molar refractivity (Wildman–Crippen MR) is 124 cm³/mol. The van der Waals surface area contributed by atoms with E-state index in [9.17, 15) is 4.79 Å². The molecule has 4 heterocycles. The molecule has 3 fully saturated rings. The minimum atomic E-state index is 0.105. The average Bonchev–Trinajstić information content (AvgIpc) is 3.23. The summed E-state index contributed by atoms with van der Waals surface area (Å²) in [5.41, 5.74) is 2.18. The van der Waals surface area contributed by atoms with Crippen molar-refractivity contribution in [2.24, 2.45) is 5.41 Å². The van der Waals surface area contributed by atoms with Crippen molar-refractivity contribution in [3.8, 4) is 0 Å². The van der Waals surface area contributed by atoms with Crippen LogP contribution in [0.5, 0.6) is 0 Å². The fraction of sp³-hybridized carbons (Fsp3) is 0.520. The van der Waals surface area contributed by atoms with Crippen LogP contribution in [0, 0.1) is 5.41 Å². The number of pyridine rings is 1. The van der Waals surface area contributed by atoms with Crippen LogP contribution in [0.25, 0.3) is 0 Å². The molecule has 3 aliphatic heterocycles. The molecule has 6 nitrogen and oxygen atoms in total. The minimum Gasteiger partial charge on any atom is -0.378 e. The summed E-state index contributed by atoms with van der Waals surface area (Å²) in [6.45, 7) is 5.40. The van der Waals surface area contributed by atoms with E-state index in [4.69, 9.17) is 21.1 Å². The van der Waals surface area contributed by atoms with Gasteiger partial charge in [-0.15, -0.1) is 0 Å². The molecule has 0 N–H and O–H groups in total. The highest BCUT2D eigenvalue weighted by atomic mass is 35.5. The summed E-state index contributed by atoms with van der Waals surface area (Å²) in [5.74, 6) is 0.968. The maximum Gasteiger partial charge on any atom is 0.254 e. The van der Waals surface area contributed by atoms with Crippen molar-refractivity contribution < 1.29 is 14.3 Å². The molecule has 0 unspecified atom stereocenters. The van der Waals surface area contributed by atoms with Crippen molar-refractivity contribution in [3.05, 3.63) is 58.7 Å². The Labute approximate surface area is 194 Å². The molecule has 0 radical (unpaired) electrons. The van der Waals surface area contributed by atoms with Crippen molar-refractivity contribution in [2.75, 3.05) is 50.9 Å². The van der Waals surface area contributed by atoms with Crippen molar-refractivity contribution >= 4 is 23.3 Å². The van der Waals surface area contributed by atoms with Crippen molar-refractivity contribution in [1.29, 1.82) is 0 Å². The van der Waals surface area contributed by atoms with Gasteiger partial charge in [-0.3, -0.25) is 4.79 Å². The van der Waals surface area contributed by atoms with Crippen LogP contribution in [0.2, 0.25) is 5.02 Å². The van der Waals surface area contributed by atoms with Gasteiger partial charge in [0, 0.05) is 43.0 Å². The number of halogens is 1. The van der Waals surface area contributed by atoms with Crippen LogP contribution in [0.3, 0.4) is 0 Å². The van der Waals surface area contributed by atoms with E-state index in [-0.39, 0.29) is 17.4 Å². The highest BCUT2D eigenvalue weighted by Gasteiger charge is 2.43. The van der Waals surface area contributed by atoms with Crippen molar-refractivity contribution in [3.63, 3.8) is 0 Å². The van der Waals surface area contributed by atoms with Crippen LogP contribution < -0.4 is 4.90 Å². The third kappa shape index (κ3) is 4.77. The second-order valence-electron chi connectivity index (χ2n) is 9.26. The van der Waals surface area contributed by atoms with Crippen LogP contribution >= 0.6 is 11.6 Å². The summed E-state index contributed by atoms with van der Waals surface area (Å²) in [6, 6.07) is 11.8. The number of hydrogen-bond donors (Lipinski definition) is 0. The first-order valence-electron chi connectivity index (χ1n) is 11.5. The number of benzene rings is 1. The molecule has 1 atom stereocenters. The first-order valence-corrected chi connectivity index (χ1v) is 11.9. The summed E-state index contributed by atoms with van der Waals surface area (Å²) in [7, 11) is 0. The Morgan fingerprint density at radius 2 is 1.84 bits per heavy atom. The zero-order valence-corrected chi connectivity index (χ0v) is 19.1. The van der Waals surface area contributed by atoms with Gasteiger partial charge in [-0.2, -0.15) is 0 Å². The van der Waals surface area contributed by atoms with Gasteiger partial charge in [-0.1, -0.05) is 23.7 Å². The van der Waals surface area contributed by atoms with Crippen molar-refractivity contribution in [1.82, 2.24) is 9.88 Å². The number of amides is 1. The second kappa shape index (κ2) is 9.38. The van der Waals surface area contributed by atoms with E-state index in [0.717, 1.165) is 74.9 Å². The molecule has 3 aliphatic rings. The molecule has 7 heteroatoms. The Morgan fingerprint density at radius 1 is 1.09 bits per heavy atom. The molecule has 0 bridgehead atoms. The Morgan fingerprint density at radius 3 is 2.59 bits per heavy atom. The van der Waals surface area contributed by atoms with Gasteiger partial charge in [-0.25, -0.2) is 4.98 Å². The van der Waals surface area contributed by atoms with Crippen LogP contribution in [0.4, 0.5) is 5.82 Å². The molecule has 2 aromatic rings. The second-order valence-corrected chi connectivity index (χ2v) is 9.70. The lowest BCUT2D eigenvalue weighted by Crippen LogP contribution is -2.43. The molecule has 1 spiro atoms. The highest BCUT2D eigenvalue weighted by molar-refractivity contribution is 6.30. The number of aromatic nitrogens is 1. The smallest absolute Gasteiger partial charge is 0.254 e. The van der Waals surface area contributed by atoms with E-state index in [1.54, 1.807) is 6.20 Å². The topological polar surface area (TPSA) is 54.9 Å². The van der Waals surface area contributed by atoms with Gasteiger partial charge in [0.2, 0.25) is 0 Å². The van der Waals surface area contributed by atoms with E-state index in [1.807, 2.05) is 29.2 Å². The third-order valence-electron chi connectivity index (χ3n) is 7.10. The number of ether oxygens (including phenoxy) is 2. The van der Waals surface area contributed by atoms with E-state index in [1.165, 1.54) is 5.56 Å². The van der Waals surface area contributed by atoms with E-state index in [2.05, 4.69) is 22.0 Å². The van der Waals surface area contributed by atoms with Crippen LogP contribution in [0.1, 0.15) is 35.2 Å². The number of rotatable bonds is 4. The Hall–Kier alpha value is -2.15. The molecule has 170 valence electrons. The summed E-state index contributed by atoms with van der Waals surface area (Å²) in [6.07, 6.45) is 5.97. The van der Waals surface area contributed by atoms with E-state index < -0.39 is 0 Å². The molecule has 0 aliphatic carbocycles. The Balaban J connectivity index is 1.17. The van der Waals surface area contributed by atoms with Gasteiger partial charge in [-0.05, 0) is 60.9 Å². The number of nitrogens with zero attached hydrogens (tertiary/aromatic N) is 3.